The van der Waals surface area contributed by atoms with Crippen LogP contribution in [0.15, 0.2) is 4.99 Å². The van der Waals surface area contributed by atoms with Crippen LogP contribution in [0.25, 0.3) is 0 Å². The molecule has 18 heavy (non-hydrogen) atoms. The van der Waals surface area contributed by atoms with Crippen molar-refractivity contribution in [3.8, 4) is 0 Å². The third kappa shape index (κ3) is 2.02. The van der Waals surface area contributed by atoms with Crippen molar-refractivity contribution in [1.29, 1.82) is 0 Å². The summed E-state index contributed by atoms with van der Waals surface area (Å²) in [6.45, 7) is 6.33. The van der Waals surface area contributed by atoms with Gasteiger partial charge in [-0.1, -0.05) is 19.8 Å². The Morgan fingerprint density at radius 3 is 2.56 bits per heavy atom. The first-order chi connectivity index (χ1) is 8.51. The number of urea groups is 1. The number of carbonyl (C=O) groups is 1. The maximum Gasteiger partial charge on any atom is 0.346 e. The Hall–Kier alpha value is -1.06. The molecule has 0 bridgehead atoms. The van der Waals surface area contributed by atoms with E-state index in [1.807, 2.05) is 18.7 Å². The van der Waals surface area contributed by atoms with Crippen molar-refractivity contribution in [2.45, 2.75) is 70.9 Å². The van der Waals surface area contributed by atoms with Gasteiger partial charge < -0.3 is 10.6 Å². The first kappa shape index (κ1) is 13.4. The fraction of sp³-hybridized carbons (Fsp3) is 0.857. The molecule has 4 nitrogen and oxygen atoms in total. The molecule has 0 atom stereocenters. The minimum Gasteiger partial charge on any atom is -0.385 e. The van der Waals surface area contributed by atoms with E-state index >= 15 is 0 Å². The average Bonchev–Trinajstić information content (AvgIpc) is 2.54. The number of amidine groups is 1. The molecule has 2 rings (SSSR count). The highest BCUT2D eigenvalue weighted by molar-refractivity contribution is 6.06. The molecular formula is C14H25N3O. The van der Waals surface area contributed by atoms with Crippen LogP contribution in [0, 0.1) is 5.92 Å². The number of amides is 2. The third-order valence-electron chi connectivity index (χ3n) is 4.51. The zero-order valence-corrected chi connectivity index (χ0v) is 11.8. The summed E-state index contributed by atoms with van der Waals surface area (Å²) in [5, 5.41) is 0. The van der Waals surface area contributed by atoms with Crippen LogP contribution in [0.5, 0.6) is 0 Å². The molecule has 0 unspecified atom stereocenters. The molecule has 1 aliphatic carbocycles. The highest BCUT2D eigenvalue weighted by Crippen LogP contribution is 2.42. The van der Waals surface area contributed by atoms with Crippen molar-refractivity contribution in [3.05, 3.63) is 0 Å². The molecule has 0 aromatic rings. The Labute approximate surface area is 110 Å². The number of hydrogen-bond donors (Lipinski definition) is 1. The summed E-state index contributed by atoms with van der Waals surface area (Å²) in [6.07, 6.45) is 6.84. The van der Waals surface area contributed by atoms with E-state index < -0.39 is 0 Å². The Bertz CT molecular complexity index is 354. The molecule has 1 spiro atoms. The van der Waals surface area contributed by atoms with Crippen LogP contribution in [0.1, 0.15) is 59.3 Å². The normalized spacial score (nSPS) is 32.4. The van der Waals surface area contributed by atoms with Crippen LogP contribution in [-0.4, -0.2) is 28.3 Å². The number of nitrogens with zero attached hydrogens (tertiary/aromatic N) is 2. The Balaban J connectivity index is 2.15. The van der Waals surface area contributed by atoms with Crippen molar-refractivity contribution in [3.63, 3.8) is 0 Å². The molecular weight excluding hydrogens is 226 g/mol. The van der Waals surface area contributed by atoms with E-state index in [1.165, 1.54) is 25.7 Å². The molecule has 0 aromatic carbocycles. The Morgan fingerprint density at radius 1 is 1.44 bits per heavy atom. The molecule has 0 radical (unpaired) electrons. The van der Waals surface area contributed by atoms with Gasteiger partial charge in [0.05, 0.1) is 0 Å². The fourth-order valence-electron chi connectivity index (χ4n) is 3.63. The molecule has 102 valence electrons. The van der Waals surface area contributed by atoms with Gasteiger partial charge in [0.15, 0.2) is 0 Å². The van der Waals surface area contributed by atoms with Gasteiger partial charge in [0, 0.05) is 6.04 Å². The summed E-state index contributed by atoms with van der Waals surface area (Å²) in [5.74, 6) is 1.36. The van der Waals surface area contributed by atoms with Gasteiger partial charge >= 0.3 is 6.03 Å². The highest BCUT2D eigenvalue weighted by atomic mass is 16.2. The average molecular weight is 251 g/mol. The maximum absolute atomic E-state index is 12.0. The van der Waals surface area contributed by atoms with Gasteiger partial charge in [-0.3, -0.25) is 0 Å². The first-order valence-electron chi connectivity index (χ1n) is 7.19. The van der Waals surface area contributed by atoms with Crippen molar-refractivity contribution < 1.29 is 4.79 Å². The second-order valence-corrected chi connectivity index (χ2v) is 6.01. The van der Waals surface area contributed by atoms with Crippen LogP contribution in [0.2, 0.25) is 0 Å². The van der Waals surface area contributed by atoms with E-state index in [1.54, 1.807) is 0 Å². The lowest BCUT2D eigenvalue weighted by atomic mass is 9.73. The zero-order chi connectivity index (χ0) is 13.3. The lowest BCUT2D eigenvalue weighted by Gasteiger charge is -2.45. The number of rotatable bonds is 3. The molecule has 2 N–H and O–H groups in total. The van der Waals surface area contributed by atoms with Gasteiger partial charge in [-0.15, -0.1) is 0 Å². The van der Waals surface area contributed by atoms with Crippen LogP contribution in [0.3, 0.4) is 0 Å². The molecule has 0 aromatic heterocycles. The van der Waals surface area contributed by atoms with E-state index in [0.717, 1.165) is 18.8 Å². The topological polar surface area (TPSA) is 58.7 Å². The van der Waals surface area contributed by atoms with Gasteiger partial charge in [0.25, 0.3) is 0 Å². The molecule has 4 heteroatoms. The second-order valence-electron chi connectivity index (χ2n) is 6.01. The van der Waals surface area contributed by atoms with Crippen molar-refractivity contribution in [1.82, 2.24) is 4.90 Å². The fourth-order valence-corrected chi connectivity index (χ4v) is 3.63. The van der Waals surface area contributed by atoms with Gasteiger partial charge in [-0.2, -0.15) is 4.99 Å². The molecule has 0 saturated heterocycles. The van der Waals surface area contributed by atoms with Gasteiger partial charge in [0.2, 0.25) is 0 Å². The summed E-state index contributed by atoms with van der Waals surface area (Å²) >= 11 is 0. The standard InChI is InChI=1S/C14H25N3O/c1-4-5-11-6-8-14(9-7-11)12(15)16-13(18)17(14)10(2)3/h10-11H,4-9H2,1-3H3,(H2,15,16,18). The number of hydrogen-bond acceptors (Lipinski definition) is 2. The molecule has 1 aliphatic heterocycles. The SMILES string of the molecule is CCCC1CCC2(CC1)C(N)=NC(=O)N2C(C)C. The monoisotopic (exact) mass is 251 g/mol. The van der Waals surface area contributed by atoms with Gasteiger partial charge in [0.1, 0.15) is 11.4 Å². The molecule has 2 amide bonds. The molecule has 1 saturated carbocycles. The Morgan fingerprint density at radius 2 is 2.06 bits per heavy atom. The summed E-state index contributed by atoms with van der Waals surface area (Å²) in [7, 11) is 0. The Kier molecular flexibility index (Phi) is 3.64. The summed E-state index contributed by atoms with van der Waals surface area (Å²) in [5.41, 5.74) is 5.80. The quantitative estimate of drug-likeness (QED) is 0.838. The third-order valence-corrected chi connectivity index (χ3v) is 4.51. The van der Waals surface area contributed by atoms with Crippen LogP contribution >= 0.6 is 0 Å². The molecule has 1 heterocycles. The van der Waals surface area contributed by atoms with E-state index in [0.29, 0.717) is 5.84 Å². The van der Waals surface area contributed by atoms with Crippen molar-refractivity contribution in [2.24, 2.45) is 16.6 Å². The molecule has 2 aliphatic rings. The predicted octanol–water partition coefficient (Wildman–Crippen LogP) is 2.92. The van der Waals surface area contributed by atoms with E-state index in [9.17, 15) is 4.79 Å². The lowest BCUT2D eigenvalue weighted by Crippen LogP contribution is -2.58. The first-order valence-corrected chi connectivity index (χ1v) is 7.19. The number of carbonyl (C=O) groups excluding carboxylic acids is 1. The highest BCUT2D eigenvalue weighted by Gasteiger charge is 2.50. The summed E-state index contributed by atoms with van der Waals surface area (Å²) in [4.78, 5) is 17.9. The van der Waals surface area contributed by atoms with E-state index in [-0.39, 0.29) is 17.6 Å². The van der Waals surface area contributed by atoms with Gasteiger partial charge in [-0.05, 0) is 45.4 Å². The summed E-state index contributed by atoms with van der Waals surface area (Å²) < 4.78 is 0. The summed E-state index contributed by atoms with van der Waals surface area (Å²) in [6, 6.07) is 0.0291. The zero-order valence-electron chi connectivity index (χ0n) is 11.8. The number of nitrogens with two attached hydrogens (primary N) is 1. The smallest absolute Gasteiger partial charge is 0.346 e. The lowest BCUT2D eigenvalue weighted by molar-refractivity contribution is 0.102. The molecule has 1 fully saturated rings. The minimum atomic E-state index is -0.268. The van der Waals surface area contributed by atoms with E-state index in [2.05, 4.69) is 11.9 Å². The van der Waals surface area contributed by atoms with Crippen LogP contribution in [-0.2, 0) is 0 Å². The predicted molar refractivity (Wildman–Crippen MR) is 73.6 cm³/mol. The largest absolute Gasteiger partial charge is 0.385 e. The maximum atomic E-state index is 12.0. The van der Waals surface area contributed by atoms with Gasteiger partial charge in [-0.25, -0.2) is 4.79 Å². The van der Waals surface area contributed by atoms with Crippen molar-refractivity contribution in [2.75, 3.05) is 0 Å². The minimum absolute atomic E-state index is 0.142. The van der Waals surface area contributed by atoms with Crippen LogP contribution in [0.4, 0.5) is 4.79 Å². The van der Waals surface area contributed by atoms with Crippen LogP contribution < -0.4 is 5.73 Å². The van der Waals surface area contributed by atoms with Crippen molar-refractivity contribution >= 4 is 11.9 Å². The number of aliphatic imine (C=N–C) groups is 1. The second kappa shape index (κ2) is 4.90. The van der Waals surface area contributed by atoms with E-state index in [4.69, 9.17) is 5.73 Å².